The number of nitriles is 1. The van der Waals surface area contributed by atoms with Crippen molar-refractivity contribution >= 4 is 0 Å². The van der Waals surface area contributed by atoms with Crippen LogP contribution in [0.3, 0.4) is 0 Å². The number of hydrogen-bond acceptors (Lipinski definition) is 3. The maximum atomic E-state index is 9.01. The molecule has 1 N–H and O–H groups in total. The Labute approximate surface area is 108 Å². The summed E-state index contributed by atoms with van der Waals surface area (Å²) in [5, 5.41) is 12.4. The van der Waals surface area contributed by atoms with Gasteiger partial charge in [0.2, 0.25) is 0 Å². The van der Waals surface area contributed by atoms with Crippen LogP contribution >= 0.6 is 0 Å². The molecule has 2 aliphatic rings. The number of nitrogens with zero attached hydrogens (tertiary/aromatic N) is 1. The van der Waals surface area contributed by atoms with Crippen molar-refractivity contribution in [3.05, 3.63) is 29.3 Å². The van der Waals surface area contributed by atoms with Gasteiger partial charge in [-0.3, -0.25) is 0 Å². The van der Waals surface area contributed by atoms with Crippen molar-refractivity contribution in [3.8, 4) is 11.8 Å². The van der Waals surface area contributed by atoms with Gasteiger partial charge in [-0.1, -0.05) is 12.1 Å². The number of aryl methyl sites for hydroxylation is 1. The van der Waals surface area contributed by atoms with Gasteiger partial charge in [0, 0.05) is 13.1 Å². The van der Waals surface area contributed by atoms with Crippen LogP contribution in [0.15, 0.2) is 18.2 Å². The Morgan fingerprint density at radius 1 is 1.39 bits per heavy atom. The summed E-state index contributed by atoms with van der Waals surface area (Å²) in [5.74, 6) is 1.04. The van der Waals surface area contributed by atoms with Gasteiger partial charge in [0.25, 0.3) is 0 Å². The number of nitrogens with one attached hydrogen (secondary N) is 1. The van der Waals surface area contributed by atoms with Crippen molar-refractivity contribution in [2.45, 2.75) is 32.2 Å². The minimum Gasteiger partial charge on any atom is -0.493 e. The van der Waals surface area contributed by atoms with E-state index in [0.29, 0.717) is 0 Å². The van der Waals surface area contributed by atoms with Crippen molar-refractivity contribution in [1.29, 1.82) is 5.26 Å². The third-order valence-corrected chi connectivity index (χ3v) is 3.86. The molecular formula is C15H18N2O. The molecule has 3 heteroatoms. The summed E-state index contributed by atoms with van der Waals surface area (Å²) in [6.07, 6.45) is 4.33. The quantitative estimate of drug-likeness (QED) is 0.881. The minimum absolute atomic E-state index is 0.0582. The second-order valence-corrected chi connectivity index (χ2v) is 5.39. The van der Waals surface area contributed by atoms with E-state index in [1.165, 1.54) is 11.1 Å². The fraction of sp³-hybridized carbons (Fsp3) is 0.533. The molecule has 1 fully saturated rings. The highest BCUT2D eigenvalue weighted by Crippen LogP contribution is 2.44. The maximum Gasteiger partial charge on any atom is 0.122 e. The standard InChI is InChI=1S/C15H18N2O/c16-10-15(5-6-15)11-17-9-12-3-4-14-13(8-12)2-1-7-18-14/h3-4,8,17H,1-2,5-7,9,11H2. The van der Waals surface area contributed by atoms with Gasteiger partial charge >= 0.3 is 0 Å². The molecule has 0 saturated heterocycles. The van der Waals surface area contributed by atoms with Crippen LogP contribution in [0.1, 0.15) is 30.4 Å². The zero-order chi connectivity index (χ0) is 12.4. The first-order valence-electron chi connectivity index (χ1n) is 6.68. The average molecular weight is 242 g/mol. The second kappa shape index (κ2) is 4.62. The molecule has 1 aliphatic carbocycles. The summed E-state index contributed by atoms with van der Waals surface area (Å²) < 4.78 is 5.60. The average Bonchev–Trinajstić information content (AvgIpc) is 3.19. The molecule has 0 unspecified atom stereocenters. The first-order valence-corrected chi connectivity index (χ1v) is 6.68. The van der Waals surface area contributed by atoms with Gasteiger partial charge in [0.1, 0.15) is 5.75 Å². The molecule has 1 aromatic carbocycles. The molecule has 94 valence electrons. The SMILES string of the molecule is N#CC1(CNCc2ccc3c(c2)CCCO3)CC1. The Hall–Kier alpha value is -1.53. The van der Waals surface area contributed by atoms with Crippen molar-refractivity contribution in [1.82, 2.24) is 5.32 Å². The highest BCUT2D eigenvalue weighted by molar-refractivity contribution is 5.38. The van der Waals surface area contributed by atoms with E-state index in [4.69, 9.17) is 10.00 Å². The molecule has 0 atom stereocenters. The molecule has 1 aromatic rings. The van der Waals surface area contributed by atoms with Gasteiger partial charge in [-0.15, -0.1) is 0 Å². The summed E-state index contributed by atoms with van der Waals surface area (Å²) in [4.78, 5) is 0. The molecule has 1 aliphatic heterocycles. The smallest absolute Gasteiger partial charge is 0.122 e. The summed E-state index contributed by atoms with van der Waals surface area (Å²) in [7, 11) is 0. The van der Waals surface area contributed by atoms with Gasteiger partial charge in [-0.05, 0) is 42.9 Å². The highest BCUT2D eigenvalue weighted by Gasteiger charge is 2.42. The summed E-state index contributed by atoms with van der Waals surface area (Å²) in [5.41, 5.74) is 2.55. The van der Waals surface area contributed by atoms with Gasteiger partial charge in [0.15, 0.2) is 0 Å². The minimum atomic E-state index is -0.0582. The number of ether oxygens (including phenoxy) is 1. The zero-order valence-electron chi connectivity index (χ0n) is 10.5. The van der Waals surface area contributed by atoms with Crippen molar-refractivity contribution in [2.75, 3.05) is 13.2 Å². The summed E-state index contributed by atoms with van der Waals surface area (Å²) in [6.45, 7) is 2.50. The van der Waals surface area contributed by atoms with Crippen LogP contribution in [0.25, 0.3) is 0 Å². The fourth-order valence-corrected chi connectivity index (χ4v) is 2.45. The Balaban J connectivity index is 1.58. The summed E-state index contributed by atoms with van der Waals surface area (Å²) in [6, 6.07) is 8.82. The van der Waals surface area contributed by atoms with E-state index in [-0.39, 0.29) is 5.41 Å². The van der Waals surface area contributed by atoms with E-state index in [9.17, 15) is 0 Å². The van der Waals surface area contributed by atoms with Crippen molar-refractivity contribution < 1.29 is 4.74 Å². The van der Waals surface area contributed by atoms with Crippen molar-refractivity contribution in [2.24, 2.45) is 5.41 Å². The number of benzene rings is 1. The molecule has 3 nitrogen and oxygen atoms in total. The van der Waals surface area contributed by atoms with Crippen LogP contribution in [0, 0.1) is 16.7 Å². The molecule has 3 rings (SSSR count). The lowest BCUT2D eigenvalue weighted by Gasteiger charge is -2.18. The lowest BCUT2D eigenvalue weighted by atomic mass is 10.0. The topological polar surface area (TPSA) is 45.0 Å². The fourth-order valence-electron chi connectivity index (χ4n) is 2.45. The molecule has 0 radical (unpaired) electrons. The lowest BCUT2D eigenvalue weighted by Crippen LogP contribution is -2.22. The first kappa shape index (κ1) is 11.6. The van der Waals surface area contributed by atoms with E-state index < -0.39 is 0 Å². The second-order valence-electron chi connectivity index (χ2n) is 5.39. The Bertz CT molecular complexity index is 486. The third kappa shape index (κ3) is 2.34. The molecule has 0 amide bonds. The van der Waals surface area contributed by atoms with E-state index in [0.717, 1.165) is 51.1 Å². The normalized spacial score (nSPS) is 19.5. The predicted molar refractivity (Wildman–Crippen MR) is 69.2 cm³/mol. The monoisotopic (exact) mass is 242 g/mol. The van der Waals surface area contributed by atoms with Crippen molar-refractivity contribution in [3.63, 3.8) is 0 Å². The zero-order valence-corrected chi connectivity index (χ0v) is 10.5. The molecular weight excluding hydrogens is 224 g/mol. The Morgan fingerprint density at radius 2 is 2.28 bits per heavy atom. The molecule has 0 bridgehead atoms. The van der Waals surface area contributed by atoms with E-state index >= 15 is 0 Å². The predicted octanol–water partition coefficient (Wildman–Crippen LogP) is 2.40. The van der Waals surface area contributed by atoms with Crippen LogP contribution < -0.4 is 10.1 Å². The number of fused-ring (bicyclic) bond motifs is 1. The van der Waals surface area contributed by atoms with Crippen LogP contribution in [0.5, 0.6) is 5.75 Å². The van der Waals surface area contributed by atoms with Crippen LogP contribution in [-0.2, 0) is 13.0 Å². The number of hydrogen-bond donors (Lipinski definition) is 1. The van der Waals surface area contributed by atoms with E-state index in [1.54, 1.807) is 0 Å². The maximum absolute atomic E-state index is 9.01. The molecule has 1 saturated carbocycles. The van der Waals surface area contributed by atoms with Gasteiger partial charge in [0.05, 0.1) is 18.1 Å². The molecule has 0 spiro atoms. The molecule has 1 heterocycles. The Morgan fingerprint density at radius 3 is 3.06 bits per heavy atom. The Kier molecular flexibility index (Phi) is 2.97. The van der Waals surface area contributed by atoms with Crippen LogP contribution in [0.4, 0.5) is 0 Å². The third-order valence-electron chi connectivity index (χ3n) is 3.86. The highest BCUT2D eigenvalue weighted by atomic mass is 16.5. The van der Waals surface area contributed by atoms with Gasteiger partial charge < -0.3 is 10.1 Å². The summed E-state index contributed by atoms with van der Waals surface area (Å²) >= 11 is 0. The molecule has 0 aromatic heterocycles. The van der Waals surface area contributed by atoms with Crippen LogP contribution in [0.2, 0.25) is 0 Å². The van der Waals surface area contributed by atoms with E-state index in [1.807, 2.05) is 0 Å². The lowest BCUT2D eigenvalue weighted by molar-refractivity contribution is 0.288. The van der Waals surface area contributed by atoms with Gasteiger partial charge in [-0.25, -0.2) is 0 Å². The van der Waals surface area contributed by atoms with Gasteiger partial charge in [-0.2, -0.15) is 5.26 Å². The largest absolute Gasteiger partial charge is 0.493 e. The van der Waals surface area contributed by atoms with Crippen LogP contribution in [-0.4, -0.2) is 13.2 Å². The van der Waals surface area contributed by atoms with E-state index in [2.05, 4.69) is 29.6 Å². The molecule has 18 heavy (non-hydrogen) atoms. The number of rotatable bonds is 4. The first-order chi connectivity index (χ1) is 8.81.